The molecule has 2 N–H and O–H groups in total. The molecule has 0 atom stereocenters. The minimum Gasteiger partial charge on any atom is -0.465 e. The van der Waals surface area contributed by atoms with Gasteiger partial charge in [-0.2, -0.15) is 0 Å². The molecule has 23 heavy (non-hydrogen) atoms. The van der Waals surface area contributed by atoms with E-state index in [1.807, 2.05) is 0 Å². The van der Waals surface area contributed by atoms with E-state index in [1.54, 1.807) is 6.07 Å². The van der Waals surface area contributed by atoms with Crippen LogP contribution in [0.15, 0.2) is 10.6 Å². The fourth-order valence-corrected chi connectivity index (χ4v) is 4.23. The molecule has 2 bridgehead atoms. The van der Waals surface area contributed by atoms with Crippen molar-refractivity contribution in [3.05, 3.63) is 17.5 Å². The van der Waals surface area contributed by atoms with Gasteiger partial charge in [0.15, 0.2) is 0 Å². The number of halogens is 3. The summed E-state index contributed by atoms with van der Waals surface area (Å²) in [5, 5.41) is 15.4. The Morgan fingerprint density at radius 1 is 1.39 bits per heavy atom. The highest BCUT2D eigenvalue weighted by molar-refractivity contribution is 5.67. The molecule has 0 aliphatic heterocycles. The molecule has 1 aromatic rings. The van der Waals surface area contributed by atoms with E-state index in [-0.39, 0.29) is 29.7 Å². The third-order valence-corrected chi connectivity index (χ3v) is 5.27. The van der Waals surface area contributed by atoms with Crippen molar-refractivity contribution in [3.63, 3.8) is 0 Å². The van der Waals surface area contributed by atoms with E-state index in [0.717, 1.165) is 5.69 Å². The molecule has 0 unspecified atom stereocenters. The van der Waals surface area contributed by atoms with E-state index >= 15 is 0 Å². The molecule has 1 heterocycles. The fourth-order valence-electron chi connectivity index (χ4n) is 4.23. The Morgan fingerprint density at radius 2 is 2.04 bits per heavy atom. The van der Waals surface area contributed by atoms with E-state index in [1.165, 1.54) is 0 Å². The van der Waals surface area contributed by atoms with E-state index in [9.17, 15) is 18.0 Å². The number of carbonyl (C=O) groups is 1. The predicted octanol–water partition coefficient (Wildman–Crippen LogP) is 2.90. The molecule has 1 amide bonds. The Labute approximate surface area is 129 Å². The molecule has 0 aromatic carbocycles. The van der Waals surface area contributed by atoms with Gasteiger partial charge in [0, 0.05) is 22.9 Å². The van der Waals surface area contributed by atoms with Crippen molar-refractivity contribution in [2.75, 3.05) is 0 Å². The van der Waals surface area contributed by atoms with E-state index < -0.39 is 18.6 Å². The monoisotopic (exact) mass is 332 g/mol. The molecule has 1 aromatic heterocycles. The van der Waals surface area contributed by atoms with Crippen LogP contribution in [0.1, 0.15) is 49.5 Å². The van der Waals surface area contributed by atoms with Crippen molar-refractivity contribution in [1.82, 2.24) is 10.5 Å². The van der Waals surface area contributed by atoms with Gasteiger partial charge in [0.25, 0.3) is 0 Å². The zero-order valence-corrected chi connectivity index (χ0v) is 12.0. The predicted molar refractivity (Wildman–Crippen MR) is 68.8 cm³/mol. The first-order chi connectivity index (χ1) is 10.7. The lowest BCUT2D eigenvalue weighted by molar-refractivity contribution is -0.352. The average molecular weight is 332 g/mol. The molecular weight excluding hydrogens is 317 g/mol. The molecule has 4 aliphatic rings. The van der Waals surface area contributed by atoms with Gasteiger partial charge in [-0.15, -0.1) is 13.2 Å². The molecule has 0 spiro atoms. The second-order valence-corrected chi connectivity index (χ2v) is 6.99. The van der Waals surface area contributed by atoms with Crippen molar-refractivity contribution < 1.29 is 32.3 Å². The summed E-state index contributed by atoms with van der Waals surface area (Å²) in [6, 6.07) is 1.80. The topological polar surface area (TPSA) is 84.6 Å². The van der Waals surface area contributed by atoms with Crippen LogP contribution in [0.25, 0.3) is 0 Å². The Bertz CT molecular complexity index is 631. The number of alkyl halides is 3. The van der Waals surface area contributed by atoms with Gasteiger partial charge in [-0.25, -0.2) is 4.79 Å². The summed E-state index contributed by atoms with van der Waals surface area (Å²) in [6.45, 7) is 0. The zero-order chi connectivity index (χ0) is 16.5. The number of aromatic nitrogens is 1. The number of carboxylic acid groups (broad SMARTS) is 1. The van der Waals surface area contributed by atoms with Crippen LogP contribution in [0.3, 0.4) is 0 Å². The number of amides is 1. The maximum Gasteiger partial charge on any atom is 0.522 e. The molecule has 4 fully saturated rings. The summed E-state index contributed by atoms with van der Waals surface area (Å²) in [5.41, 5.74) is 0.324. The number of rotatable bonds is 4. The molecule has 0 radical (unpaired) electrons. The maximum absolute atomic E-state index is 12.1. The third kappa shape index (κ3) is 2.37. The van der Waals surface area contributed by atoms with Crippen LogP contribution < -0.4 is 5.32 Å². The second-order valence-electron chi connectivity index (χ2n) is 6.99. The Kier molecular flexibility index (Phi) is 2.83. The molecule has 126 valence electrons. The van der Waals surface area contributed by atoms with Crippen molar-refractivity contribution >= 4 is 6.09 Å². The standard InChI is InChI=1S/C14H15F3N2O4/c15-14(16,17)22-8-1-7(2-8)9-3-10(19-23-9)12-4-13(5-12,6-12)18-11(20)21/h3,7-8,18H,1-2,4-6H2,(H,20,21). The van der Waals surface area contributed by atoms with Crippen LogP contribution >= 0.6 is 0 Å². The summed E-state index contributed by atoms with van der Waals surface area (Å²) in [5.74, 6) is 0.494. The molecular formula is C14H15F3N2O4. The Balaban J connectivity index is 1.33. The van der Waals surface area contributed by atoms with Gasteiger partial charge >= 0.3 is 12.5 Å². The van der Waals surface area contributed by atoms with Crippen LogP contribution in [-0.2, 0) is 10.2 Å². The lowest BCUT2D eigenvalue weighted by Gasteiger charge is -2.69. The minimum absolute atomic E-state index is 0.0953. The number of ether oxygens (including phenoxy) is 1. The Morgan fingerprint density at radius 3 is 2.61 bits per heavy atom. The quantitative estimate of drug-likeness (QED) is 0.885. The van der Waals surface area contributed by atoms with Gasteiger partial charge in [0.1, 0.15) is 5.76 Å². The van der Waals surface area contributed by atoms with Crippen LogP contribution in [0.2, 0.25) is 0 Å². The zero-order valence-electron chi connectivity index (χ0n) is 12.0. The van der Waals surface area contributed by atoms with Crippen LogP contribution in [-0.4, -0.2) is 34.4 Å². The van der Waals surface area contributed by atoms with E-state index in [4.69, 9.17) is 9.63 Å². The van der Waals surface area contributed by atoms with E-state index in [0.29, 0.717) is 25.0 Å². The fraction of sp³-hybridized carbons (Fsp3) is 0.714. The van der Waals surface area contributed by atoms with Gasteiger partial charge in [-0.3, -0.25) is 4.74 Å². The molecule has 4 saturated carbocycles. The largest absolute Gasteiger partial charge is 0.522 e. The van der Waals surface area contributed by atoms with Crippen molar-refractivity contribution in [2.24, 2.45) is 0 Å². The number of nitrogens with zero attached hydrogens (tertiary/aromatic N) is 1. The molecule has 6 nitrogen and oxygen atoms in total. The van der Waals surface area contributed by atoms with Crippen LogP contribution in [0, 0.1) is 0 Å². The second kappa shape index (κ2) is 4.40. The van der Waals surface area contributed by atoms with Crippen molar-refractivity contribution in [2.45, 2.75) is 61.4 Å². The number of hydrogen-bond donors (Lipinski definition) is 2. The summed E-state index contributed by atoms with van der Waals surface area (Å²) < 4.78 is 45.5. The first-order valence-electron chi connectivity index (χ1n) is 7.42. The van der Waals surface area contributed by atoms with Gasteiger partial charge < -0.3 is 14.9 Å². The van der Waals surface area contributed by atoms with Crippen LogP contribution in [0.4, 0.5) is 18.0 Å². The lowest BCUT2D eigenvalue weighted by Crippen LogP contribution is -2.76. The molecule has 5 rings (SSSR count). The summed E-state index contributed by atoms with van der Waals surface area (Å²) in [4.78, 5) is 10.7. The van der Waals surface area contributed by atoms with Gasteiger partial charge in [-0.1, -0.05) is 5.16 Å². The van der Waals surface area contributed by atoms with Crippen molar-refractivity contribution in [3.8, 4) is 0 Å². The van der Waals surface area contributed by atoms with Gasteiger partial charge in [-0.05, 0) is 32.1 Å². The summed E-state index contributed by atoms with van der Waals surface area (Å²) >= 11 is 0. The number of nitrogens with one attached hydrogen (secondary N) is 1. The smallest absolute Gasteiger partial charge is 0.465 e. The lowest BCUT2D eigenvalue weighted by atomic mass is 9.38. The minimum atomic E-state index is -4.60. The highest BCUT2D eigenvalue weighted by Crippen LogP contribution is 2.67. The SMILES string of the molecule is O=C(O)NC12CC(c3cc(C4CC(OC(F)(F)F)C4)on3)(C1)C2. The first kappa shape index (κ1) is 14.8. The highest BCUT2D eigenvalue weighted by Gasteiger charge is 2.70. The molecule has 4 aliphatic carbocycles. The summed E-state index contributed by atoms with van der Waals surface area (Å²) in [6.07, 6.45) is -3.80. The Hall–Kier alpha value is -1.77. The first-order valence-corrected chi connectivity index (χ1v) is 7.42. The number of hydrogen-bond acceptors (Lipinski definition) is 4. The van der Waals surface area contributed by atoms with Crippen molar-refractivity contribution in [1.29, 1.82) is 0 Å². The van der Waals surface area contributed by atoms with Gasteiger partial charge in [0.05, 0.1) is 11.8 Å². The molecule has 0 saturated heterocycles. The summed E-state index contributed by atoms with van der Waals surface area (Å²) in [7, 11) is 0. The normalized spacial score (nSPS) is 38.2. The third-order valence-electron chi connectivity index (χ3n) is 5.27. The average Bonchev–Trinajstić information content (AvgIpc) is 2.73. The van der Waals surface area contributed by atoms with Crippen LogP contribution in [0.5, 0.6) is 0 Å². The van der Waals surface area contributed by atoms with Gasteiger partial charge in [0.2, 0.25) is 0 Å². The van der Waals surface area contributed by atoms with E-state index in [2.05, 4.69) is 15.2 Å². The maximum atomic E-state index is 12.1. The molecule has 9 heteroatoms. The highest BCUT2D eigenvalue weighted by atomic mass is 19.4.